The minimum Gasteiger partial charge on any atom is -0.310 e. The van der Waals surface area contributed by atoms with Crippen molar-refractivity contribution < 1.29 is 13.2 Å². The van der Waals surface area contributed by atoms with Crippen molar-refractivity contribution in [2.24, 2.45) is 0 Å². The number of carbonyl (C=O) groups excluding carboxylic acids is 1. The number of rotatable bonds is 4. The van der Waals surface area contributed by atoms with Gasteiger partial charge in [-0.25, -0.2) is 8.42 Å². The molecule has 3 rings (SSSR count). The van der Waals surface area contributed by atoms with Gasteiger partial charge in [-0.3, -0.25) is 9.52 Å². The third-order valence-corrected chi connectivity index (χ3v) is 6.62. The van der Waals surface area contributed by atoms with Crippen LogP contribution in [0.25, 0.3) is 0 Å². The summed E-state index contributed by atoms with van der Waals surface area (Å²) in [7, 11) is -3.87. The van der Waals surface area contributed by atoms with Gasteiger partial charge in [-0.05, 0) is 56.0 Å². The highest BCUT2D eigenvalue weighted by atomic mass is 79.9. The van der Waals surface area contributed by atoms with Gasteiger partial charge in [-0.2, -0.15) is 0 Å². The molecule has 27 heavy (non-hydrogen) atoms. The molecule has 0 aliphatic carbocycles. The van der Waals surface area contributed by atoms with Gasteiger partial charge in [-0.15, -0.1) is 0 Å². The van der Waals surface area contributed by atoms with E-state index in [1.54, 1.807) is 17.9 Å². The zero-order chi connectivity index (χ0) is 19.9. The highest BCUT2D eigenvalue weighted by molar-refractivity contribution is 9.10. The van der Waals surface area contributed by atoms with E-state index < -0.39 is 10.0 Å². The van der Waals surface area contributed by atoms with Gasteiger partial charge in [0, 0.05) is 17.4 Å². The SMILES string of the molecule is CCC(=O)N1CCc2cc(Br)cc(S(=O)(=O)Nc3c(C)cc(C)cc3C)c21. The summed E-state index contributed by atoms with van der Waals surface area (Å²) in [4.78, 5) is 14.1. The number of nitrogens with zero attached hydrogens (tertiary/aromatic N) is 1. The molecular weight excluding hydrogens is 428 g/mol. The summed E-state index contributed by atoms with van der Waals surface area (Å²) in [6, 6.07) is 7.35. The minimum absolute atomic E-state index is 0.0739. The van der Waals surface area contributed by atoms with Gasteiger partial charge in [0.15, 0.2) is 0 Å². The molecule has 1 aliphatic rings. The van der Waals surface area contributed by atoms with Crippen molar-refractivity contribution in [1.82, 2.24) is 0 Å². The Morgan fingerprint density at radius 2 is 1.78 bits per heavy atom. The average Bonchev–Trinajstić information content (AvgIpc) is 3.00. The van der Waals surface area contributed by atoms with Crippen molar-refractivity contribution in [2.45, 2.75) is 45.4 Å². The molecule has 2 aromatic carbocycles. The Labute approximate surface area is 169 Å². The van der Waals surface area contributed by atoms with E-state index in [1.165, 1.54) is 0 Å². The highest BCUT2D eigenvalue weighted by Gasteiger charge is 2.32. The van der Waals surface area contributed by atoms with Crippen LogP contribution in [0.1, 0.15) is 35.6 Å². The molecule has 0 saturated carbocycles. The van der Waals surface area contributed by atoms with Crippen LogP contribution in [0.15, 0.2) is 33.6 Å². The molecule has 144 valence electrons. The number of benzene rings is 2. The smallest absolute Gasteiger partial charge is 0.264 e. The predicted molar refractivity (Wildman–Crippen MR) is 112 cm³/mol. The molecular formula is C20H23BrN2O3S. The Kier molecular flexibility index (Phi) is 5.36. The molecule has 5 nitrogen and oxygen atoms in total. The van der Waals surface area contributed by atoms with Gasteiger partial charge < -0.3 is 4.90 Å². The topological polar surface area (TPSA) is 66.5 Å². The number of amides is 1. The fourth-order valence-corrected chi connectivity index (χ4v) is 5.78. The first-order chi connectivity index (χ1) is 12.6. The predicted octanol–water partition coefficient (Wildman–Crippen LogP) is 4.47. The van der Waals surface area contributed by atoms with E-state index >= 15 is 0 Å². The minimum atomic E-state index is -3.87. The van der Waals surface area contributed by atoms with Crippen LogP contribution in [0.4, 0.5) is 11.4 Å². The monoisotopic (exact) mass is 450 g/mol. The Morgan fingerprint density at radius 3 is 2.37 bits per heavy atom. The van der Waals surface area contributed by atoms with E-state index in [-0.39, 0.29) is 10.8 Å². The van der Waals surface area contributed by atoms with Crippen LogP contribution in [0.3, 0.4) is 0 Å². The second kappa shape index (κ2) is 7.28. The van der Waals surface area contributed by atoms with E-state index in [0.717, 1.165) is 22.3 Å². The lowest BCUT2D eigenvalue weighted by Crippen LogP contribution is -2.29. The first-order valence-corrected chi connectivity index (χ1v) is 11.1. The first kappa shape index (κ1) is 19.9. The van der Waals surface area contributed by atoms with E-state index in [9.17, 15) is 13.2 Å². The van der Waals surface area contributed by atoms with Crippen LogP contribution in [-0.4, -0.2) is 20.9 Å². The Balaban J connectivity index is 2.13. The average molecular weight is 451 g/mol. The molecule has 1 amide bonds. The molecule has 0 fully saturated rings. The molecule has 2 aromatic rings. The van der Waals surface area contributed by atoms with Gasteiger partial charge in [-0.1, -0.05) is 40.5 Å². The Hall–Kier alpha value is -1.86. The number of anilines is 2. The summed E-state index contributed by atoms with van der Waals surface area (Å²) >= 11 is 3.41. The Bertz CT molecular complexity index is 1010. The number of fused-ring (bicyclic) bond motifs is 1. The van der Waals surface area contributed by atoms with Crippen molar-refractivity contribution in [3.05, 3.63) is 51.0 Å². The van der Waals surface area contributed by atoms with Crippen LogP contribution < -0.4 is 9.62 Å². The van der Waals surface area contributed by atoms with Gasteiger partial charge in [0.1, 0.15) is 4.90 Å². The number of carbonyl (C=O) groups is 1. The number of sulfonamides is 1. The van der Waals surface area contributed by atoms with Gasteiger partial charge in [0.05, 0.1) is 11.4 Å². The summed E-state index contributed by atoms with van der Waals surface area (Å²) in [6.45, 7) is 8.04. The first-order valence-electron chi connectivity index (χ1n) is 8.87. The number of hydrogen-bond acceptors (Lipinski definition) is 3. The summed E-state index contributed by atoms with van der Waals surface area (Å²) < 4.78 is 30.0. The van der Waals surface area contributed by atoms with Gasteiger partial charge in [0.2, 0.25) is 5.91 Å². The maximum Gasteiger partial charge on any atom is 0.264 e. The summed E-state index contributed by atoms with van der Waals surface area (Å²) in [5, 5.41) is 0. The van der Waals surface area contributed by atoms with Crippen molar-refractivity contribution in [3.8, 4) is 0 Å². The quantitative estimate of drug-likeness (QED) is 0.746. The van der Waals surface area contributed by atoms with E-state index in [2.05, 4.69) is 20.7 Å². The lowest BCUT2D eigenvalue weighted by molar-refractivity contribution is -0.118. The summed E-state index contributed by atoms with van der Waals surface area (Å²) in [5.74, 6) is -0.0739. The van der Waals surface area contributed by atoms with Gasteiger partial charge in [0.25, 0.3) is 10.0 Å². The van der Waals surface area contributed by atoms with E-state index in [0.29, 0.717) is 35.2 Å². The summed E-state index contributed by atoms with van der Waals surface area (Å²) in [5.41, 5.74) is 4.76. The van der Waals surface area contributed by atoms with Gasteiger partial charge >= 0.3 is 0 Å². The fourth-order valence-electron chi connectivity index (χ4n) is 3.64. The molecule has 1 aliphatic heterocycles. The third-order valence-electron chi connectivity index (χ3n) is 4.80. The molecule has 0 unspecified atom stereocenters. The van der Waals surface area contributed by atoms with E-state index in [4.69, 9.17) is 0 Å². The van der Waals surface area contributed by atoms with Crippen molar-refractivity contribution in [2.75, 3.05) is 16.2 Å². The highest BCUT2D eigenvalue weighted by Crippen LogP contribution is 2.39. The van der Waals surface area contributed by atoms with Crippen LogP contribution in [0.2, 0.25) is 0 Å². The van der Waals surface area contributed by atoms with Crippen LogP contribution >= 0.6 is 15.9 Å². The zero-order valence-electron chi connectivity index (χ0n) is 15.9. The van der Waals surface area contributed by atoms with Crippen LogP contribution in [-0.2, 0) is 21.2 Å². The molecule has 1 heterocycles. The third kappa shape index (κ3) is 3.75. The second-order valence-corrected chi connectivity index (χ2v) is 9.51. The second-order valence-electron chi connectivity index (χ2n) is 6.94. The zero-order valence-corrected chi connectivity index (χ0v) is 18.3. The fraction of sp³-hybridized carbons (Fsp3) is 0.350. The molecule has 0 aromatic heterocycles. The maximum absolute atomic E-state index is 13.3. The van der Waals surface area contributed by atoms with Crippen molar-refractivity contribution >= 4 is 43.2 Å². The van der Waals surface area contributed by atoms with Crippen molar-refractivity contribution in [3.63, 3.8) is 0 Å². The largest absolute Gasteiger partial charge is 0.310 e. The molecule has 0 bridgehead atoms. The lowest BCUT2D eigenvalue weighted by Gasteiger charge is -2.21. The molecule has 0 spiro atoms. The van der Waals surface area contributed by atoms with E-state index in [1.807, 2.05) is 39.0 Å². The molecule has 0 atom stereocenters. The molecule has 0 saturated heterocycles. The van der Waals surface area contributed by atoms with Crippen LogP contribution in [0, 0.1) is 20.8 Å². The molecule has 0 radical (unpaired) electrons. The van der Waals surface area contributed by atoms with Crippen LogP contribution in [0.5, 0.6) is 0 Å². The Morgan fingerprint density at radius 1 is 1.15 bits per heavy atom. The maximum atomic E-state index is 13.3. The normalized spacial score (nSPS) is 13.6. The number of nitrogens with one attached hydrogen (secondary N) is 1. The number of hydrogen-bond donors (Lipinski definition) is 1. The molecule has 7 heteroatoms. The number of aryl methyl sites for hydroxylation is 3. The summed E-state index contributed by atoms with van der Waals surface area (Å²) in [6.07, 6.45) is 0.976. The number of halogens is 1. The standard InChI is InChI=1S/C20H23BrN2O3S/c1-5-18(24)23-7-6-15-10-16(21)11-17(20(15)23)27(25,26)22-19-13(3)8-12(2)9-14(19)4/h8-11,22H,5-7H2,1-4H3. The molecule has 1 N–H and O–H groups in total. The van der Waals surface area contributed by atoms with Crippen molar-refractivity contribution in [1.29, 1.82) is 0 Å². The lowest BCUT2D eigenvalue weighted by atomic mass is 10.1.